The van der Waals surface area contributed by atoms with Crippen LogP contribution in [0, 0.1) is 0 Å². The first-order chi connectivity index (χ1) is 10.1. The Balaban J connectivity index is 1.98. The minimum atomic E-state index is -0.904. The van der Waals surface area contributed by atoms with Gasteiger partial charge in [-0.25, -0.2) is 9.59 Å². The zero-order valence-electron chi connectivity index (χ0n) is 11.2. The number of nitrogens with two attached hydrogens (primary N) is 1. The molecule has 2 rings (SSSR count). The van der Waals surface area contributed by atoms with E-state index in [9.17, 15) is 9.59 Å². The number of rotatable bonds is 4. The standard InChI is InChI=1S/C16H14ClNO3/c17-13-9-5-4-8-12(13)15(19)21-16(20)14(18)10-11-6-2-1-3-7-11/h1-9,14H,10,18H2. The maximum absolute atomic E-state index is 11.8. The highest BCUT2D eigenvalue weighted by molar-refractivity contribution is 6.33. The van der Waals surface area contributed by atoms with Gasteiger partial charge in [0.05, 0.1) is 10.6 Å². The van der Waals surface area contributed by atoms with E-state index in [2.05, 4.69) is 0 Å². The Hall–Kier alpha value is -2.17. The van der Waals surface area contributed by atoms with Crippen molar-refractivity contribution in [3.8, 4) is 0 Å². The fourth-order valence-corrected chi connectivity index (χ4v) is 2.01. The molecule has 0 amide bonds. The summed E-state index contributed by atoms with van der Waals surface area (Å²) in [7, 11) is 0. The Labute approximate surface area is 127 Å². The lowest BCUT2D eigenvalue weighted by Crippen LogP contribution is -2.35. The summed E-state index contributed by atoms with van der Waals surface area (Å²) in [4.78, 5) is 23.7. The molecule has 0 saturated carbocycles. The summed E-state index contributed by atoms with van der Waals surface area (Å²) in [6, 6.07) is 14.7. The zero-order valence-corrected chi connectivity index (χ0v) is 11.9. The van der Waals surface area contributed by atoms with Crippen LogP contribution in [0.25, 0.3) is 0 Å². The van der Waals surface area contributed by atoms with Crippen LogP contribution in [0.3, 0.4) is 0 Å². The third-order valence-corrected chi connectivity index (χ3v) is 3.22. The Kier molecular flexibility index (Phi) is 5.09. The van der Waals surface area contributed by atoms with E-state index in [1.165, 1.54) is 6.07 Å². The van der Waals surface area contributed by atoms with E-state index in [1.807, 2.05) is 30.3 Å². The van der Waals surface area contributed by atoms with Gasteiger partial charge in [0.1, 0.15) is 6.04 Å². The first kappa shape index (κ1) is 15.2. The van der Waals surface area contributed by atoms with Gasteiger partial charge in [0.15, 0.2) is 0 Å². The Morgan fingerprint density at radius 1 is 1.05 bits per heavy atom. The number of hydrogen-bond acceptors (Lipinski definition) is 4. The molecule has 0 fully saturated rings. The van der Waals surface area contributed by atoms with E-state index in [4.69, 9.17) is 22.1 Å². The van der Waals surface area contributed by atoms with Crippen LogP contribution in [0.5, 0.6) is 0 Å². The molecule has 0 heterocycles. The Bertz CT molecular complexity index is 643. The molecule has 1 unspecified atom stereocenters. The molecular formula is C16H14ClNO3. The quantitative estimate of drug-likeness (QED) is 0.696. The second kappa shape index (κ2) is 7.02. The molecular weight excluding hydrogens is 290 g/mol. The molecule has 2 aromatic carbocycles. The summed E-state index contributed by atoms with van der Waals surface area (Å²) in [5.41, 5.74) is 6.79. The van der Waals surface area contributed by atoms with Crippen molar-refractivity contribution in [2.24, 2.45) is 5.73 Å². The van der Waals surface area contributed by atoms with Gasteiger partial charge in [-0.3, -0.25) is 0 Å². The molecule has 21 heavy (non-hydrogen) atoms. The molecule has 0 aliphatic rings. The van der Waals surface area contributed by atoms with Crippen LogP contribution in [0.2, 0.25) is 5.02 Å². The van der Waals surface area contributed by atoms with Gasteiger partial charge in [-0.1, -0.05) is 54.1 Å². The van der Waals surface area contributed by atoms with Crippen molar-refractivity contribution < 1.29 is 14.3 Å². The lowest BCUT2D eigenvalue weighted by atomic mass is 10.1. The highest BCUT2D eigenvalue weighted by Crippen LogP contribution is 2.16. The van der Waals surface area contributed by atoms with E-state index in [0.29, 0.717) is 6.42 Å². The van der Waals surface area contributed by atoms with Crippen LogP contribution in [-0.4, -0.2) is 18.0 Å². The van der Waals surface area contributed by atoms with Gasteiger partial charge < -0.3 is 10.5 Å². The smallest absolute Gasteiger partial charge is 0.347 e. The number of hydrogen-bond donors (Lipinski definition) is 1. The van der Waals surface area contributed by atoms with Crippen molar-refractivity contribution in [2.45, 2.75) is 12.5 Å². The molecule has 2 N–H and O–H groups in total. The predicted molar refractivity (Wildman–Crippen MR) is 80.0 cm³/mol. The molecule has 0 aliphatic carbocycles. The van der Waals surface area contributed by atoms with Crippen LogP contribution >= 0.6 is 11.6 Å². The summed E-state index contributed by atoms with van der Waals surface area (Å²) in [5.74, 6) is -1.57. The lowest BCUT2D eigenvalue weighted by Gasteiger charge is -2.10. The van der Waals surface area contributed by atoms with Crippen molar-refractivity contribution in [1.29, 1.82) is 0 Å². The number of halogens is 1. The minimum absolute atomic E-state index is 0.138. The molecule has 0 bridgehead atoms. The van der Waals surface area contributed by atoms with E-state index >= 15 is 0 Å². The average Bonchev–Trinajstić information content (AvgIpc) is 2.48. The highest BCUT2D eigenvalue weighted by Gasteiger charge is 2.21. The maximum atomic E-state index is 11.8. The molecule has 4 nitrogen and oxygen atoms in total. The Morgan fingerprint density at radius 2 is 1.67 bits per heavy atom. The van der Waals surface area contributed by atoms with E-state index < -0.39 is 18.0 Å². The van der Waals surface area contributed by atoms with Crippen LogP contribution in [0.15, 0.2) is 54.6 Å². The summed E-state index contributed by atoms with van der Waals surface area (Å²) in [6.45, 7) is 0. The van der Waals surface area contributed by atoms with Gasteiger partial charge in [0, 0.05) is 0 Å². The topological polar surface area (TPSA) is 69.4 Å². The summed E-state index contributed by atoms with van der Waals surface area (Å²) >= 11 is 5.87. The number of carbonyl (C=O) groups excluding carboxylic acids is 2. The predicted octanol–water partition coefficient (Wildman–Crippen LogP) is 2.59. The third kappa shape index (κ3) is 4.15. The van der Waals surface area contributed by atoms with Crippen LogP contribution in [-0.2, 0) is 16.0 Å². The second-order valence-corrected chi connectivity index (χ2v) is 4.89. The lowest BCUT2D eigenvalue weighted by molar-refractivity contribution is -0.139. The van der Waals surface area contributed by atoms with Crippen molar-refractivity contribution in [3.05, 3.63) is 70.7 Å². The van der Waals surface area contributed by atoms with Gasteiger partial charge in [0.25, 0.3) is 0 Å². The normalized spacial score (nSPS) is 11.7. The highest BCUT2D eigenvalue weighted by atomic mass is 35.5. The molecule has 0 saturated heterocycles. The van der Waals surface area contributed by atoms with Crippen molar-refractivity contribution in [2.75, 3.05) is 0 Å². The van der Waals surface area contributed by atoms with Crippen LogP contribution < -0.4 is 5.73 Å². The van der Waals surface area contributed by atoms with Crippen LogP contribution in [0.1, 0.15) is 15.9 Å². The average molecular weight is 304 g/mol. The van der Waals surface area contributed by atoms with Crippen molar-refractivity contribution in [1.82, 2.24) is 0 Å². The van der Waals surface area contributed by atoms with Crippen molar-refractivity contribution >= 4 is 23.5 Å². The fourth-order valence-electron chi connectivity index (χ4n) is 1.80. The van der Waals surface area contributed by atoms with Gasteiger partial charge in [-0.2, -0.15) is 0 Å². The van der Waals surface area contributed by atoms with E-state index in [0.717, 1.165) is 5.56 Å². The number of benzene rings is 2. The summed E-state index contributed by atoms with van der Waals surface area (Å²) in [5, 5.41) is 0.229. The van der Waals surface area contributed by atoms with Gasteiger partial charge in [-0.15, -0.1) is 0 Å². The third-order valence-electron chi connectivity index (χ3n) is 2.89. The Morgan fingerprint density at radius 3 is 2.33 bits per heavy atom. The molecule has 0 radical (unpaired) electrons. The van der Waals surface area contributed by atoms with Gasteiger partial charge in [-0.05, 0) is 24.1 Å². The van der Waals surface area contributed by atoms with Gasteiger partial charge in [0.2, 0.25) is 0 Å². The maximum Gasteiger partial charge on any atom is 0.347 e. The molecule has 5 heteroatoms. The number of esters is 2. The first-order valence-electron chi connectivity index (χ1n) is 6.38. The summed E-state index contributed by atoms with van der Waals surface area (Å²) < 4.78 is 4.76. The largest absolute Gasteiger partial charge is 0.388 e. The van der Waals surface area contributed by atoms with Crippen LogP contribution in [0.4, 0.5) is 0 Å². The fraction of sp³-hybridized carbons (Fsp3) is 0.125. The number of carbonyl (C=O) groups is 2. The molecule has 0 aliphatic heterocycles. The van der Waals surface area contributed by atoms with E-state index in [-0.39, 0.29) is 10.6 Å². The molecule has 2 aromatic rings. The first-order valence-corrected chi connectivity index (χ1v) is 6.76. The van der Waals surface area contributed by atoms with Crippen molar-refractivity contribution in [3.63, 3.8) is 0 Å². The molecule has 1 atom stereocenters. The molecule has 0 aromatic heterocycles. The zero-order chi connectivity index (χ0) is 15.2. The van der Waals surface area contributed by atoms with E-state index in [1.54, 1.807) is 18.2 Å². The minimum Gasteiger partial charge on any atom is -0.388 e. The SMILES string of the molecule is NC(Cc1ccccc1)C(=O)OC(=O)c1ccccc1Cl. The number of ether oxygens (including phenoxy) is 1. The summed E-state index contributed by atoms with van der Waals surface area (Å²) in [6.07, 6.45) is 0.301. The molecule has 108 valence electrons. The monoisotopic (exact) mass is 303 g/mol. The second-order valence-electron chi connectivity index (χ2n) is 4.48. The molecule has 0 spiro atoms. The van der Waals surface area contributed by atoms with Gasteiger partial charge >= 0.3 is 11.9 Å².